The van der Waals surface area contributed by atoms with Gasteiger partial charge in [0.1, 0.15) is 5.69 Å². The first-order valence-corrected chi connectivity index (χ1v) is 4.26. The lowest BCUT2D eigenvalue weighted by Gasteiger charge is -2.01. The molecule has 0 N–H and O–H groups in total. The first-order valence-electron chi connectivity index (χ1n) is 4.26. The van der Waals surface area contributed by atoms with Crippen LogP contribution in [0.15, 0.2) is 30.3 Å². The molecule has 0 amide bonds. The van der Waals surface area contributed by atoms with E-state index in [-0.39, 0.29) is 0 Å². The van der Waals surface area contributed by atoms with E-state index in [1.807, 2.05) is 37.3 Å². The molecule has 0 radical (unpaired) electrons. The third-order valence-electron chi connectivity index (χ3n) is 2.04. The van der Waals surface area contributed by atoms with E-state index in [4.69, 9.17) is 0 Å². The summed E-state index contributed by atoms with van der Waals surface area (Å²) in [5.41, 5.74) is 2.05. The molecule has 1 heterocycles. The molecule has 4 nitrogen and oxygen atoms in total. The van der Waals surface area contributed by atoms with Crippen LogP contribution in [0.3, 0.4) is 0 Å². The second-order valence-corrected chi connectivity index (χ2v) is 2.93. The number of aromatic nitrogens is 3. The molecule has 0 aliphatic heterocycles. The summed E-state index contributed by atoms with van der Waals surface area (Å²) in [5, 5.41) is 7.65. The van der Waals surface area contributed by atoms with Crippen LogP contribution >= 0.6 is 0 Å². The Kier molecular flexibility index (Phi) is 2.10. The average molecular weight is 187 g/mol. The van der Waals surface area contributed by atoms with Gasteiger partial charge in [-0.1, -0.05) is 23.4 Å². The fourth-order valence-corrected chi connectivity index (χ4v) is 1.26. The predicted octanol–water partition coefficient (Wildman–Crippen LogP) is 1.39. The largest absolute Gasteiger partial charge is 0.296 e. The van der Waals surface area contributed by atoms with Crippen molar-refractivity contribution >= 4 is 6.29 Å². The molecule has 0 saturated carbocycles. The van der Waals surface area contributed by atoms with Gasteiger partial charge in [-0.2, -0.15) is 0 Å². The van der Waals surface area contributed by atoms with E-state index in [0.717, 1.165) is 11.4 Å². The molecule has 0 bridgehead atoms. The first kappa shape index (κ1) is 8.62. The Morgan fingerprint density at radius 3 is 2.57 bits per heavy atom. The number of nitrogens with zero attached hydrogens (tertiary/aromatic N) is 3. The summed E-state index contributed by atoms with van der Waals surface area (Å²) in [6.07, 6.45) is 0.710. The van der Waals surface area contributed by atoms with Crippen molar-refractivity contribution in [1.29, 1.82) is 0 Å². The quantitative estimate of drug-likeness (QED) is 0.667. The van der Waals surface area contributed by atoms with Crippen LogP contribution in [0.2, 0.25) is 0 Å². The zero-order valence-corrected chi connectivity index (χ0v) is 7.71. The van der Waals surface area contributed by atoms with Crippen molar-refractivity contribution in [3.8, 4) is 5.69 Å². The molecule has 70 valence electrons. The Labute approximate surface area is 81.2 Å². The van der Waals surface area contributed by atoms with Crippen molar-refractivity contribution in [3.63, 3.8) is 0 Å². The van der Waals surface area contributed by atoms with E-state index in [2.05, 4.69) is 10.3 Å². The topological polar surface area (TPSA) is 47.8 Å². The van der Waals surface area contributed by atoms with Gasteiger partial charge in [-0.05, 0) is 19.1 Å². The lowest BCUT2D eigenvalue weighted by molar-refractivity contribution is 0.111. The fraction of sp³-hybridized carbons (Fsp3) is 0.100. The number of aldehydes is 1. The molecule has 0 unspecified atom stereocenters. The summed E-state index contributed by atoms with van der Waals surface area (Å²) in [6, 6.07) is 9.58. The Hall–Kier alpha value is -1.97. The van der Waals surface area contributed by atoms with Gasteiger partial charge in [0.15, 0.2) is 6.29 Å². The van der Waals surface area contributed by atoms with Crippen molar-refractivity contribution in [2.75, 3.05) is 0 Å². The monoisotopic (exact) mass is 187 g/mol. The van der Waals surface area contributed by atoms with Gasteiger partial charge in [-0.15, -0.1) is 5.10 Å². The van der Waals surface area contributed by atoms with E-state index in [0.29, 0.717) is 12.0 Å². The summed E-state index contributed by atoms with van der Waals surface area (Å²) >= 11 is 0. The SMILES string of the molecule is Cc1c(C=O)nnn1-c1ccccc1. The van der Waals surface area contributed by atoms with Crippen LogP contribution in [-0.4, -0.2) is 21.3 Å². The lowest BCUT2D eigenvalue weighted by atomic mass is 10.3. The first-order chi connectivity index (χ1) is 6.83. The van der Waals surface area contributed by atoms with E-state index in [1.54, 1.807) is 4.68 Å². The number of carbonyl (C=O) groups is 1. The van der Waals surface area contributed by atoms with Gasteiger partial charge in [-0.25, -0.2) is 4.68 Å². The highest BCUT2D eigenvalue weighted by Gasteiger charge is 2.07. The van der Waals surface area contributed by atoms with E-state index >= 15 is 0 Å². The van der Waals surface area contributed by atoms with Gasteiger partial charge < -0.3 is 0 Å². The molecule has 1 aromatic carbocycles. The second kappa shape index (κ2) is 3.41. The molecule has 0 saturated heterocycles. The van der Waals surface area contributed by atoms with Crippen LogP contribution in [-0.2, 0) is 0 Å². The van der Waals surface area contributed by atoms with Crippen molar-refractivity contribution in [2.24, 2.45) is 0 Å². The Bertz CT molecular complexity index is 448. The van der Waals surface area contributed by atoms with Gasteiger partial charge in [-0.3, -0.25) is 4.79 Å². The number of rotatable bonds is 2. The number of para-hydroxylation sites is 1. The van der Waals surface area contributed by atoms with Gasteiger partial charge in [0, 0.05) is 0 Å². The fourth-order valence-electron chi connectivity index (χ4n) is 1.26. The number of hydrogen-bond donors (Lipinski definition) is 0. The maximum absolute atomic E-state index is 10.6. The summed E-state index contributed by atoms with van der Waals surface area (Å²) in [4.78, 5) is 10.6. The number of benzene rings is 1. The average Bonchev–Trinajstić information content (AvgIpc) is 2.61. The molecular weight excluding hydrogens is 178 g/mol. The molecule has 0 aliphatic rings. The minimum atomic E-state index is 0.383. The summed E-state index contributed by atoms with van der Waals surface area (Å²) in [5.74, 6) is 0. The molecule has 1 aromatic heterocycles. The third-order valence-corrected chi connectivity index (χ3v) is 2.04. The van der Waals surface area contributed by atoms with Crippen LogP contribution in [0.4, 0.5) is 0 Å². The van der Waals surface area contributed by atoms with Crippen molar-refractivity contribution in [2.45, 2.75) is 6.92 Å². The molecule has 2 aromatic rings. The van der Waals surface area contributed by atoms with Gasteiger partial charge in [0.25, 0.3) is 0 Å². The Balaban J connectivity index is 2.53. The molecular formula is C10H9N3O. The molecule has 0 fully saturated rings. The Morgan fingerprint density at radius 2 is 2.00 bits per heavy atom. The van der Waals surface area contributed by atoms with Crippen LogP contribution in [0.1, 0.15) is 16.2 Å². The van der Waals surface area contributed by atoms with Crippen LogP contribution in [0, 0.1) is 6.92 Å². The van der Waals surface area contributed by atoms with Crippen molar-refractivity contribution < 1.29 is 4.79 Å². The van der Waals surface area contributed by atoms with Crippen LogP contribution in [0.5, 0.6) is 0 Å². The van der Waals surface area contributed by atoms with E-state index < -0.39 is 0 Å². The normalized spacial score (nSPS) is 10.1. The predicted molar refractivity (Wildman–Crippen MR) is 51.5 cm³/mol. The van der Waals surface area contributed by atoms with E-state index in [1.165, 1.54) is 0 Å². The van der Waals surface area contributed by atoms with Gasteiger partial charge in [0.2, 0.25) is 0 Å². The minimum Gasteiger partial charge on any atom is -0.296 e. The molecule has 2 rings (SSSR count). The zero-order chi connectivity index (χ0) is 9.97. The highest BCUT2D eigenvalue weighted by molar-refractivity contribution is 5.73. The number of hydrogen-bond acceptors (Lipinski definition) is 3. The molecule has 0 atom stereocenters. The highest BCUT2D eigenvalue weighted by atomic mass is 16.1. The summed E-state index contributed by atoms with van der Waals surface area (Å²) in [6.45, 7) is 1.82. The van der Waals surface area contributed by atoms with Crippen molar-refractivity contribution in [3.05, 3.63) is 41.7 Å². The molecule has 4 heteroatoms. The molecule has 0 aliphatic carbocycles. The number of carbonyl (C=O) groups excluding carboxylic acids is 1. The Morgan fingerprint density at radius 1 is 1.29 bits per heavy atom. The standard InChI is InChI=1S/C10H9N3O/c1-8-10(7-14)11-12-13(8)9-5-3-2-4-6-9/h2-7H,1H3. The molecule has 14 heavy (non-hydrogen) atoms. The highest BCUT2D eigenvalue weighted by Crippen LogP contribution is 2.09. The van der Waals surface area contributed by atoms with Crippen LogP contribution < -0.4 is 0 Å². The summed E-state index contributed by atoms with van der Waals surface area (Å²) < 4.78 is 1.64. The maximum Gasteiger partial charge on any atom is 0.172 e. The molecule has 0 spiro atoms. The van der Waals surface area contributed by atoms with Gasteiger partial charge >= 0.3 is 0 Å². The van der Waals surface area contributed by atoms with E-state index in [9.17, 15) is 4.79 Å². The smallest absolute Gasteiger partial charge is 0.172 e. The van der Waals surface area contributed by atoms with Crippen LogP contribution in [0.25, 0.3) is 5.69 Å². The maximum atomic E-state index is 10.6. The summed E-state index contributed by atoms with van der Waals surface area (Å²) in [7, 11) is 0. The van der Waals surface area contributed by atoms with Crippen molar-refractivity contribution in [1.82, 2.24) is 15.0 Å². The second-order valence-electron chi connectivity index (χ2n) is 2.93. The lowest BCUT2D eigenvalue weighted by Crippen LogP contribution is -1.98. The third kappa shape index (κ3) is 1.31. The minimum absolute atomic E-state index is 0.383. The van der Waals surface area contributed by atoms with Gasteiger partial charge in [0.05, 0.1) is 11.4 Å². The zero-order valence-electron chi connectivity index (χ0n) is 7.71.